The first-order chi connectivity index (χ1) is 13.6. The molecule has 0 bridgehead atoms. The third-order valence-corrected chi connectivity index (χ3v) is 5.08. The van der Waals surface area contributed by atoms with E-state index in [1.54, 1.807) is 12.1 Å². The summed E-state index contributed by atoms with van der Waals surface area (Å²) in [4.78, 5) is 16.7. The Balaban J connectivity index is 1.27. The lowest BCUT2D eigenvalue weighted by Crippen LogP contribution is -2.46. The number of nitrogens with zero attached hydrogens (tertiary/aromatic N) is 2. The second-order valence-electron chi connectivity index (χ2n) is 6.99. The molecule has 7 heteroatoms. The smallest absolute Gasteiger partial charge is 0.319 e. The summed E-state index contributed by atoms with van der Waals surface area (Å²) < 4.78 is 12.9. The molecule has 0 radical (unpaired) electrons. The van der Waals surface area contributed by atoms with Gasteiger partial charge in [0, 0.05) is 50.0 Å². The van der Waals surface area contributed by atoms with Crippen LogP contribution in [-0.2, 0) is 6.54 Å². The topological polar surface area (TPSA) is 47.6 Å². The molecule has 3 rings (SSSR count). The Bertz CT molecular complexity index is 746. The van der Waals surface area contributed by atoms with Gasteiger partial charge in [-0.1, -0.05) is 23.7 Å². The fraction of sp³-hybridized carbons (Fsp3) is 0.381. The number of halogens is 2. The fourth-order valence-electron chi connectivity index (χ4n) is 3.23. The van der Waals surface area contributed by atoms with Crippen molar-refractivity contribution >= 4 is 23.3 Å². The molecular formula is C21H26ClFN4O. The van der Waals surface area contributed by atoms with Gasteiger partial charge in [-0.25, -0.2) is 9.18 Å². The van der Waals surface area contributed by atoms with Gasteiger partial charge in [0.25, 0.3) is 0 Å². The predicted octanol–water partition coefficient (Wildman–Crippen LogP) is 3.81. The van der Waals surface area contributed by atoms with Crippen LogP contribution >= 0.6 is 11.6 Å². The van der Waals surface area contributed by atoms with E-state index in [0.717, 1.165) is 50.7 Å². The Morgan fingerprint density at radius 2 is 1.61 bits per heavy atom. The summed E-state index contributed by atoms with van der Waals surface area (Å²) in [6, 6.07) is 13.5. The van der Waals surface area contributed by atoms with E-state index in [-0.39, 0.29) is 11.8 Å². The number of rotatable bonds is 7. The largest absolute Gasteiger partial charge is 0.338 e. The molecule has 2 amide bonds. The first kappa shape index (κ1) is 20.6. The Hall–Kier alpha value is -2.15. The van der Waals surface area contributed by atoms with Crippen LogP contribution in [0.4, 0.5) is 14.9 Å². The minimum absolute atomic E-state index is 0.264. The van der Waals surface area contributed by atoms with Crippen molar-refractivity contribution in [2.24, 2.45) is 0 Å². The minimum atomic E-state index is -0.320. The third-order valence-electron chi connectivity index (χ3n) is 4.82. The Labute approximate surface area is 170 Å². The van der Waals surface area contributed by atoms with E-state index in [2.05, 4.69) is 32.6 Å². The minimum Gasteiger partial charge on any atom is -0.338 e. The molecule has 28 heavy (non-hydrogen) atoms. The molecule has 0 unspecified atom stereocenters. The van der Waals surface area contributed by atoms with Crippen molar-refractivity contribution in [2.45, 2.75) is 13.0 Å². The molecule has 2 aromatic rings. The van der Waals surface area contributed by atoms with Gasteiger partial charge in [0.1, 0.15) is 5.82 Å². The molecule has 0 aliphatic carbocycles. The highest BCUT2D eigenvalue weighted by atomic mass is 35.5. The summed E-state index contributed by atoms with van der Waals surface area (Å²) in [5.74, 6) is -0.320. The van der Waals surface area contributed by atoms with Gasteiger partial charge in [0.2, 0.25) is 0 Å². The van der Waals surface area contributed by atoms with E-state index in [0.29, 0.717) is 12.2 Å². The van der Waals surface area contributed by atoms with Crippen LogP contribution in [0.15, 0.2) is 48.5 Å². The summed E-state index contributed by atoms with van der Waals surface area (Å²) in [5.41, 5.74) is 1.87. The van der Waals surface area contributed by atoms with Crippen molar-refractivity contribution in [1.29, 1.82) is 0 Å². The molecule has 1 fully saturated rings. The molecule has 150 valence electrons. The quantitative estimate of drug-likeness (QED) is 0.690. The number of hydrogen-bond acceptors (Lipinski definition) is 3. The van der Waals surface area contributed by atoms with E-state index in [9.17, 15) is 9.18 Å². The van der Waals surface area contributed by atoms with Crippen molar-refractivity contribution in [3.8, 4) is 0 Å². The fourth-order valence-corrected chi connectivity index (χ4v) is 3.36. The Kier molecular flexibility index (Phi) is 7.65. The Morgan fingerprint density at radius 3 is 2.29 bits per heavy atom. The Morgan fingerprint density at radius 1 is 0.964 bits per heavy atom. The van der Waals surface area contributed by atoms with Crippen molar-refractivity contribution in [1.82, 2.24) is 15.1 Å². The molecule has 5 nitrogen and oxygen atoms in total. The monoisotopic (exact) mass is 404 g/mol. The molecule has 0 saturated carbocycles. The molecule has 0 atom stereocenters. The van der Waals surface area contributed by atoms with Gasteiger partial charge in [0.05, 0.1) is 0 Å². The number of amides is 2. The average Bonchev–Trinajstić information content (AvgIpc) is 2.70. The van der Waals surface area contributed by atoms with Gasteiger partial charge in [-0.15, -0.1) is 0 Å². The van der Waals surface area contributed by atoms with E-state index in [4.69, 9.17) is 11.6 Å². The summed E-state index contributed by atoms with van der Waals surface area (Å²) >= 11 is 5.94. The number of nitrogens with one attached hydrogen (secondary N) is 2. The average molecular weight is 405 g/mol. The molecule has 1 heterocycles. The molecule has 0 spiro atoms. The van der Waals surface area contributed by atoms with Crippen LogP contribution < -0.4 is 10.6 Å². The molecular weight excluding hydrogens is 379 g/mol. The molecule has 2 N–H and O–H groups in total. The number of hydrogen-bond donors (Lipinski definition) is 2. The molecule has 1 aliphatic rings. The van der Waals surface area contributed by atoms with Crippen LogP contribution in [0.25, 0.3) is 0 Å². The summed E-state index contributed by atoms with van der Waals surface area (Å²) in [6.45, 7) is 6.69. The maximum atomic E-state index is 12.9. The van der Waals surface area contributed by atoms with Crippen LogP contribution in [-0.4, -0.2) is 55.1 Å². The summed E-state index contributed by atoms with van der Waals surface area (Å²) in [7, 11) is 0. The molecule has 0 aromatic heterocycles. The maximum absolute atomic E-state index is 12.9. The molecule has 2 aromatic carbocycles. The number of urea groups is 1. The lowest BCUT2D eigenvalue weighted by atomic mass is 10.2. The van der Waals surface area contributed by atoms with Gasteiger partial charge < -0.3 is 15.5 Å². The van der Waals surface area contributed by atoms with Gasteiger partial charge in [-0.3, -0.25) is 4.90 Å². The highest BCUT2D eigenvalue weighted by molar-refractivity contribution is 6.30. The SMILES string of the molecule is O=C(NCCCN1CCN(Cc2ccc(Cl)cc2)CC1)Nc1ccc(F)cc1. The predicted molar refractivity (Wildman–Crippen MR) is 111 cm³/mol. The van der Waals surface area contributed by atoms with Crippen LogP contribution in [0.3, 0.4) is 0 Å². The summed E-state index contributed by atoms with van der Waals surface area (Å²) in [5, 5.41) is 6.31. The third kappa shape index (κ3) is 6.78. The van der Waals surface area contributed by atoms with Crippen LogP contribution in [0, 0.1) is 5.82 Å². The van der Waals surface area contributed by atoms with Crippen molar-refractivity contribution in [2.75, 3.05) is 44.6 Å². The summed E-state index contributed by atoms with van der Waals surface area (Å²) in [6.07, 6.45) is 0.897. The number of benzene rings is 2. The molecule has 1 aliphatic heterocycles. The lowest BCUT2D eigenvalue weighted by Gasteiger charge is -2.34. The molecule has 1 saturated heterocycles. The maximum Gasteiger partial charge on any atom is 0.319 e. The second kappa shape index (κ2) is 10.4. The first-order valence-electron chi connectivity index (χ1n) is 9.58. The zero-order chi connectivity index (χ0) is 19.8. The number of piperazine rings is 1. The zero-order valence-corrected chi connectivity index (χ0v) is 16.6. The second-order valence-corrected chi connectivity index (χ2v) is 7.42. The van der Waals surface area contributed by atoms with Crippen molar-refractivity contribution < 1.29 is 9.18 Å². The highest BCUT2D eigenvalue weighted by Gasteiger charge is 2.16. The van der Waals surface area contributed by atoms with E-state index < -0.39 is 0 Å². The lowest BCUT2D eigenvalue weighted by molar-refractivity contribution is 0.126. The van der Waals surface area contributed by atoms with Gasteiger partial charge >= 0.3 is 6.03 Å². The van der Waals surface area contributed by atoms with Crippen LogP contribution in [0.1, 0.15) is 12.0 Å². The highest BCUT2D eigenvalue weighted by Crippen LogP contribution is 2.13. The van der Waals surface area contributed by atoms with Crippen molar-refractivity contribution in [3.05, 3.63) is 64.9 Å². The first-order valence-corrected chi connectivity index (χ1v) is 9.96. The van der Waals surface area contributed by atoms with Gasteiger partial charge in [-0.2, -0.15) is 0 Å². The van der Waals surface area contributed by atoms with E-state index in [1.807, 2.05) is 12.1 Å². The zero-order valence-electron chi connectivity index (χ0n) is 15.8. The van der Waals surface area contributed by atoms with Crippen molar-refractivity contribution in [3.63, 3.8) is 0 Å². The van der Waals surface area contributed by atoms with Crippen LogP contribution in [0.2, 0.25) is 5.02 Å². The van der Waals surface area contributed by atoms with E-state index in [1.165, 1.54) is 17.7 Å². The number of carbonyl (C=O) groups is 1. The van der Waals surface area contributed by atoms with Gasteiger partial charge in [0.15, 0.2) is 0 Å². The normalized spacial score (nSPS) is 15.4. The standard InChI is InChI=1S/C21H26ClFN4O/c22-18-4-2-17(3-5-18)16-27-14-12-26(13-15-27)11-1-10-24-21(28)25-20-8-6-19(23)7-9-20/h2-9H,1,10-16H2,(H2,24,25,28). The van der Waals surface area contributed by atoms with Crippen LogP contribution in [0.5, 0.6) is 0 Å². The van der Waals surface area contributed by atoms with E-state index >= 15 is 0 Å². The number of carbonyl (C=O) groups excluding carboxylic acids is 1. The number of anilines is 1. The van der Waals surface area contributed by atoms with Gasteiger partial charge in [-0.05, 0) is 54.9 Å².